The number of rotatable bonds is 5. The third kappa shape index (κ3) is 3.64. The molecule has 2 aromatic rings. The lowest BCUT2D eigenvalue weighted by Crippen LogP contribution is -2.27. The van der Waals surface area contributed by atoms with Crippen molar-refractivity contribution < 1.29 is 9.59 Å². The smallest absolute Gasteiger partial charge is 0.254 e. The molecular formula is C22H27N5O2. The van der Waals surface area contributed by atoms with Gasteiger partial charge in [0.1, 0.15) is 11.4 Å². The van der Waals surface area contributed by atoms with Gasteiger partial charge in [0.15, 0.2) is 0 Å². The summed E-state index contributed by atoms with van der Waals surface area (Å²) in [6, 6.07) is 8.39. The Morgan fingerprint density at radius 2 is 2.00 bits per heavy atom. The molecule has 2 amide bonds. The minimum absolute atomic E-state index is 0.0553. The quantitative estimate of drug-likeness (QED) is 0.756. The predicted octanol–water partition coefficient (Wildman–Crippen LogP) is 1.87. The maximum Gasteiger partial charge on any atom is 0.254 e. The van der Waals surface area contributed by atoms with Crippen molar-refractivity contribution >= 4 is 17.6 Å². The number of primary amides is 1. The van der Waals surface area contributed by atoms with E-state index >= 15 is 0 Å². The molecule has 4 N–H and O–H groups in total. The van der Waals surface area contributed by atoms with Crippen molar-refractivity contribution in [2.24, 2.45) is 11.7 Å². The first-order chi connectivity index (χ1) is 14.0. The molecule has 0 saturated carbocycles. The fraction of sp³-hybridized carbons (Fsp3) is 0.409. The number of likely N-dealkylation sites (tertiary alicyclic amines) is 1. The maximum atomic E-state index is 12.2. The van der Waals surface area contributed by atoms with E-state index in [0.29, 0.717) is 36.7 Å². The standard InChI is InChI=1S/C22H27N5O2/c1-2-18(28)26-10-9-14(12-26)13-27-21(23)19(22(24)29)20(25-27)17-8-7-15-5-3-4-6-16(15)11-17/h2-6,14,17H,1,7-13,23H2,(H2,24,29)/t14-,17?/m0/s1. The number of carbonyl (C=O) groups is 2. The number of hydrogen-bond donors (Lipinski definition) is 2. The molecule has 29 heavy (non-hydrogen) atoms. The van der Waals surface area contributed by atoms with Gasteiger partial charge in [0, 0.05) is 25.6 Å². The zero-order valence-corrected chi connectivity index (χ0v) is 16.5. The van der Waals surface area contributed by atoms with Gasteiger partial charge in [-0.05, 0) is 48.8 Å². The second-order valence-corrected chi connectivity index (χ2v) is 8.04. The first kappa shape index (κ1) is 19.2. The fourth-order valence-electron chi connectivity index (χ4n) is 4.66. The summed E-state index contributed by atoms with van der Waals surface area (Å²) in [7, 11) is 0. The molecule has 2 aliphatic rings. The zero-order valence-electron chi connectivity index (χ0n) is 16.5. The van der Waals surface area contributed by atoms with Crippen LogP contribution in [0.2, 0.25) is 0 Å². The van der Waals surface area contributed by atoms with Crippen molar-refractivity contribution in [3.8, 4) is 0 Å². The van der Waals surface area contributed by atoms with E-state index < -0.39 is 5.91 Å². The number of carbonyl (C=O) groups excluding carboxylic acids is 2. The topological polar surface area (TPSA) is 107 Å². The number of fused-ring (bicyclic) bond motifs is 1. The highest BCUT2D eigenvalue weighted by Gasteiger charge is 2.31. The highest BCUT2D eigenvalue weighted by atomic mass is 16.2. The highest BCUT2D eigenvalue weighted by Crippen LogP contribution is 2.35. The van der Waals surface area contributed by atoms with Gasteiger partial charge in [0.25, 0.3) is 5.91 Å². The van der Waals surface area contributed by atoms with Crippen LogP contribution in [0.25, 0.3) is 0 Å². The van der Waals surface area contributed by atoms with Crippen LogP contribution in [0.3, 0.4) is 0 Å². The van der Waals surface area contributed by atoms with Crippen LogP contribution in [0.4, 0.5) is 5.82 Å². The average Bonchev–Trinajstić information content (AvgIpc) is 3.32. The van der Waals surface area contributed by atoms with Gasteiger partial charge in [-0.3, -0.25) is 9.59 Å². The van der Waals surface area contributed by atoms with Gasteiger partial charge in [-0.15, -0.1) is 0 Å². The lowest BCUT2D eigenvalue weighted by molar-refractivity contribution is -0.125. The molecule has 1 aliphatic heterocycles. The number of nitrogen functional groups attached to an aromatic ring is 1. The minimum Gasteiger partial charge on any atom is -0.383 e. The molecule has 7 heteroatoms. The minimum atomic E-state index is -0.530. The first-order valence-electron chi connectivity index (χ1n) is 10.1. The summed E-state index contributed by atoms with van der Waals surface area (Å²) in [6.07, 6.45) is 4.91. The Hall–Kier alpha value is -3.09. The molecule has 1 aliphatic carbocycles. The molecule has 1 aromatic heterocycles. The van der Waals surface area contributed by atoms with Crippen LogP contribution in [-0.4, -0.2) is 39.6 Å². The molecule has 0 bridgehead atoms. The first-order valence-corrected chi connectivity index (χ1v) is 10.1. The number of aryl methyl sites for hydroxylation is 1. The molecule has 1 fully saturated rings. The Kier molecular flexibility index (Phi) is 5.13. The largest absolute Gasteiger partial charge is 0.383 e. The van der Waals surface area contributed by atoms with Gasteiger partial charge >= 0.3 is 0 Å². The summed E-state index contributed by atoms with van der Waals surface area (Å²) in [6.45, 7) is 5.46. The molecule has 4 rings (SSSR count). The molecule has 1 unspecified atom stereocenters. The van der Waals surface area contributed by atoms with Crippen LogP contribution < -0.4 is 11.5 Å². The summed E-state index contributed by atoms with van der Waals surface area (Å²) in [5.74, 6) is 0.109. The SMILES string of the molecule is C=CC(=O)N1CC[C@H](Cn2nc(C3CCc4ccccc4C3)c(C(N)=O)c2N)C1. The van der Waals surface area contributed by atoms with Crippen molar-refractivity contribution in [1.29, 1.82) is 0 Å². The maximum absolute atomic E-state index is 12.2. The van der Waals surface area contributed by atoms with Crippen molar-refractivity contribution in [3.63, 3.8) is 0 Å². The van der Waals surface area contributed by atoms with E-state index in [1.54, 1.807) is 9.58 Å². The predicted molar refractivity (Wildman–Crippen MR) is 111 cm³/mol. The Labute approximate surface area is 170 Å². The van der Waals surface area contributed by atoms with Crippen LogP contribution in [0.5, 0.6) is 0 Å². The van der Waals surface area contributed by atoms with Crippen LogP contribution in [-0.2, 0) is 24.2 Å². The van der Waals surface area contributed by atoms with Gasteiger partial charge in [-0.2, -0.15) is 5.10 Å². The van der Waals surface area contributed by atoms with E-state index in [-0.39, 0.29) is 17.7 Å². The number of hydrogen-bond acceptors (Lipinski definition) is 4. The molecule has 152 valence electrons. The van der Waals surface area contributed by atoms with Crippen LogP contribution >= 0.6 is 0 Å². The second-order valence-electron chi connectivity index (χ2n) is 8.04. The summed E-state index contributed by atoms with van der Waals surface area (Å²) in [4.78, 5) is 25.8. The van der Waals surface area contributed by atoms with Crippen molar-refractivity contribution in [1.82, 2.24) is 14.7 Å². The van der Waals surface area contributed by atoms with E-state index in [1.165, 1.54) is 17.2 Å². The molecule has 2 heterocycles. The Morgan fingerprint density at radius 3 is 2.72 bits per heavy atom. The van der Waals surface area contributed by atoms with E-state index in [4.69, 9.17) is 16.6 Å². The van der Waals surface area contributed by atoms with Gasteiger partial charge < -0.3 is 16.4 Å². The van der Waals surface area contributed by atoms with Crippen LogP contribution in [0.1, 0.15) is 45.9 Å². The lowest BCUT2D eigenvalue weighted by Gasteiger charge is -2.23. The molecular weight excluding hydrogens is 366 g/mol. The average molecular weight is 393 g/mol. The van der Waals surface area contributed by atoms with Crippen molar-refractivity contribution in [2.45, 2.75) is 38.1 Å². The molecule has 1 aromatic carbocycles. The third-order valence-electron chi connectivity index (χ3n) is 6.20. The van der Waals surface area contributed by atoms with Gasteiger partial charge in [-0.1, -0.05) is 30.8 Å². The summed E-state index contributed by atoms with van der Waals surface area (Å²) in [5.41, 5.74) is 15.7. The summed E-state index contributed by atoms with van der Waals surface area (Å²) >= 11 is 0. The second kappa shape index (κ2) is 7.73. The molecule has 0 spiro atoms. The highest BCUT2D eigenvalue weighted by molar-refractivity contribution is 5.98. The molecule has 0 radical (unpaired) electrons. The number of nitrogens with zero attached hydrogens (tertiary/aromatic N) is 3. The molecule has 2 atom stereocenters. The van der Waals surface area contributed by atoms with E-state index in [1.807, 2.05) is 6.07 Å². The monoisotopic (exact) mass is 393 g/mol. The van der Waals surface area contributed by atoms with E-state index in [0.717, 1.165) is 25.7 Å². The van der Waals surface area contributed by atoms with Crippen molar-refractivity contribution in [3.05, 3.63) is 59.3 Å². The molecule has 1 saturated heterocycles. The fourth-order valence-corrected chi connectivity index (χ4v) is 4.66. The van der Waals surface area contributed by atoms with Gasteiger partial charge in [0.05, 0.1) is 5.69 Å². The number of aromatic nitrogens is 2. The van der Waals surface area contributed by atoms with Crippen LogP contribution in [0.15, 0.2) is 36.9 Å². The summed E-state index contributed by atoms with van der Waals surface area (Å²) < 4.78 is 1.71. The van der Waals surface area contributed by atoms with Gasteiger partial charge in [0.2, 0.25) is 5.91 Å². The zero-order chi connectivity index (χ0) is 20.5. The number of anilines is 1. The Balaban J connectivity index is 1.57. The number of amides is 2. The van der Waals surface area contributed by atoms with Gasteiger partial charge in [-0.25, -0.2) is 4.68 Å². The van der Waals surface area contributed by atoms with E-state index in [9.17, 15) is 9.59 Å². The molecule has 7 nitrogen and oxygen atoms in total. The number of nitrogens with two attached hydrogens (primary N) is 2. The Morgan fingerprint density at radius 1 is 1.24 bits per heavy atom. The van der Waals surface area contributed by atoms with Crippen LogP contribution in [0, 0.1) is 5.92 Å². The summed E-state index contributed by atoms with van der Waals surface area (Å²) in [5, 5.41) is 4.75. The Bertz CT molecular complexity index is 964. The lowest BCUT2D eigenvalue weighted by atomic mass is 9.81. The third-order valence-corrected chi connectivity index (χ3v) is 6.20. The van der Waals surface area contributed by atoms with Crippen molar-refractivity contribution in [2.75, 3.05) is 18.8 Å². The van der Waals surface area contributed by atoms with E-state index in [2.05, 4.69) is 24.8 Å². The normalized spacial score (nSPS) is 21.0. The number of benzene rings is 1.